The van der Waals surface area contributed by atoms with Crippen molar-refractivity contribution in [2.24, 2.45) is 7.05 Å². The summed E-state index contributed by atoms with van der Waals surface area (Å²) >= 11 is 6.55. The minimum Gasteiger partial charge on any atom is -0.349 e. The monoisotopic (exact) mass is 545 g/mol. The predicted molar refractivity (Wildman–Crippen MR) is 108 cm³/mol. The molecule has 0 atom stereocenters. The topological polar surface area (TPSA) is 72.7 Å². The molecule has 1 fully saturated rings. The van der Waals surface area contributed by atoms with Crippen LogP contribution in [0.5, 0.6) is 0 Å². The maximum absolute atomic E-state index is 13.9. The third-order valence-corrected chi connectivity index (χ3v) is 6.29. The van der Waals surface area contributed by atoms with Crippen molar-refractivity contribution >= 4 is 28.8 Å². The Labute approximate surface area is 199 Å². The molecule has 2 heterocycles. The van der Waals surface area contributed by atoms with Crippen LogP contribution in [-0.2, 0) is 19.1 Å². The second-order valence-corrected chi connectivity index (χ2v) is 9.01. The van der Waals surface area contributed by atoms with E-state index in [9.17, 15) is 39.9 Å². The van der Waals surface area contributed by atoms with E-state index in [0.29, 0.717) is 11.3 Å². The molecule has 4 rings (SSSR count). The smallest absolute Gasteiger partial charge is 0.349 e. The maximum Gasteiger partial charge on any atom is 0.459 e. The molecule has 16 heteroatoms. The molecule has 3 aromatic rings. The Hall–Kier alpha value is -2.81. The van der Waals surface area contributed by atoms with Gasteiger partial charge in [0.1, 0.15) is 16.3 Å². The van der Waals surface area contributed by atoms with Gasteiger partial charge in [0.05, 0.1) is 10.6 Å². The first-order chi connectivity index (χ1) is 16.1. The lowest BCUT2D eigenvalue weighted by atomic mass is 10.1. The number of amides is 1. The van der Waals surface area contributed by atoms with Gasteiger partial charge in [-0.25, -0.2) is 0 Å². The van der Waals surface area contributed by atoms with E-state index in [-0.39, 0.29) is 31.9 Å². The van der Waals surface area contributed by atoms with Crippen molar-refractivity contribution in [3.05, 3.63) is 40.0 Å². The van der Waals surface area contributed by atoms with Crippen LogP contribution in [0.4, 0.5) is 35.1 Å². The summed E-state index contributed by atoms with van der Waals surface area (Å²) in [6.45, 7) is 0. The highest BCUT2D eigenvalue weighted by atomic mass is 35.5. The van der Waals surface area contributed by atoms with Gasteiger partial charge in [-0.2, -0.15) is 40.2 Å². The Morgan fingerprint density at radius 3 is 2.29 bits per heavy atom. The lowest BCUT2D eigenvalue weighted by Crippen LogP contribution is -2.36. The van der Waals surface area contributed by atoms with Gasteiger partial charge in [-0.3, -0.25) is 9.48 Å². The number of aromatic nitrogens is 4. The molecule has 1 aromatic carbocycles. The number of carbonyl (C=O) groups is 1. The van der Waals surface area contributed by atoms with Crippen molar-refractivity contribution in [1.82, 2.24) is 25.3 Å². The molecule has 1 aliphatic carbocycles. The fraction of sp³-hybridized carbons (Fsp3) is 0.368. The number of nitrogens with zero attached hydrogens (tertiary/aromatic N) is 4. The Balaban J connectivity index is 1.79. The first kappa shape index (κ1) is 25.3. The van der Waals surface area contributed by atoms with E-state index in [0.717, 1.165) is 19.9 Å². The summed E-state index contributed by atoms with van der Waals surface area (Å²) in [5.41, 5.74) is -5.59. The number of benzene rings is 1. The molecule has 0 saturated heterocycles. The average Bonchev–Trinajstić information content (AvgIpc) is 3.27. The van der Waals surface area contributed by atoms with E-state index >= 15 is 0 Å². The second kappa shape index (κ2) is 8.40. The largest absolute Gasteiger partial charge is 0.459 e. The number of carbonyl (C=O) groups excluding carboxylic acids is 1. The minimum absolute atomic E-state index is 0.0185. The van der Waals surface area contributed by atoms with Gasteiger partial charge >= 0.3 is 18.3 Å². The van der Waals surface area contributed by atoms with E-state index in [4.69, 9.17) is 11.6 Å². The highest BCUT2D eigenvalue weighted by Crippen LogP contribution is 2.50. The lowest BCUT2D eigenvalue weighted by molar-refractivity contribution is -0.292. The molecule has 1 N–H and O–H groups in total. The molecule has 2 aromatic heterocycles. The minimum atomic E-state index is -6.31. The van der Waals surface area contributed by atoms with E-state index in [1.54, 1.807) is 0 Å². The molecule has 0 aliphatic heterocycles. The Morgan fingerprint density at radius 2 is 1.71 bits per heavy atom. The summed E-state index contributed by atoms with van der Waals surface area (Å²) in [5, 5.41) is 12.3. The van der Waals surface area contributed by atoms with Crippen molar-refractivity contribution < 1.29 is 39.9 Å². The molecule has 1 amide bonds. The van der Waals surface area contributed by atoms with Crippen molar-refractivity contribution in [3.63, 3.8) is 0 Å². The zero-order valence-electron chi connectivity index (χ0n) is 17.2. The highest BCUT2D eigenvalue weighted by molar-refractivity contribution is 7.17. The summed E-state index contributed by atoms with van der Waals surface area (Å²) in [7, 11) is 0.782. The molecule has 35 heavy (non-hydrogen) atoms. The third-order valence-electron chi connectivity index (χ3n) is 4.98. The molecule has 0 bridgehead atoms. The standard InChI is InChI=1S/C19H12ClF8N5OS/c1-33-12(11(18(23,24)25)13(32-33)17(21,22)19(26,27)28)16-31-30-15(35-16)7-2-5-10(20)9(6-7)14(34)29-8-3-4-8/h2,5-6,8H,3-4H2,1H3,(H,29,34). The fourth-order valence-corrected chi connectivity index (χ4v) is 4.28. The van der Waals surface area contributed by atoms with Crippen LogP contribution in [-0.4, -0.2) is 38.1 Å². The molecular weight excluding hydrogens is 534 g/mol. The number of rotatable bonds is 5. The summed E-state index contributed by atoms with van der Waals surface area (Å²) < 4.78 is 108. The van der Waals surface area contributed by atoms with Crippen molar-refractivity contribution in [3.8, 4) is 21.3 Å². The molecule has 6 nitrogen and oxygen atoms in total. The second-order valence-electron chi connectivity index (χ2n) is 7.62. The first-order valence-electron chi connectivity index (χ1n) is 9.65. The molecule has 1 saturated carbocycles. The van der Waals surface area contributed by atoms with Crippen LogP contribution in [0.3, 0.4) is 0 Å². The highest BCUT2D eigenvalue weighted by Gasteiger charge is 2.64. The Morgan fingerprint density at radius 1 is 1.09 bits per heavy atom. The average molecular weight is 546 g/mol. The van der Waals surface area contributed by atoms with Crippen molar-refractivity contribution in [1.29, 1.82) is 0 Å². The number of alkyl halides is 8. The fourth-order valence-electron chi connectivity index (χ4n) is 3.15. The van der Waals surface area contributed by atoms with Crippen LogP contribution < -0.4 is 5.32 Å². The lowest BCUT2D eigenvalue weighted by Gasteiger charge is -2.19. The van der Waals surface area contributed by atoms with Gasteiger partial charge in [-0.15, -0.1) is 10.2 Å². The van der Waals surface area contributed by atoms with Gasteiger partial charge in [0.2, 0.25) is 0 Å². The SMILES string of the molecule is Cn1nc(C(F)(F)C(F)(F)F)c(C(F)(F)F)c1-c1nnc(-c2ccc(Cl)c(C(=O)NC3CC3)c2)s1. The molecule has 188 valence electrons. The van der Waals surface area contributed by atoms with Crippen LogP contribution >= 0.6 is 22.9 Å². The van der Waals surface area contributed by atoms with Gasteiger partial charge in [-0.1, -0.05) is 29.0 Å². The number of hydrogen-bond donors (Lipinski definition) is 1. The molecule has 0 spiro atoms. The Bertz CT molecular complexity index is 1300. The molecular formula is C19H12ClF8N5OS. The van der Waals surface area contributed by atoms with Crippen LogP contribution in [0.25, 0.3) is 21.3 Å². The van der Waals surface area contributed by atoms with E-state index in [1.807, 2.05) is 0 Å². The van der Waals surface area contributed by atoms with Crippen molar-refractivity contribution in [2.75, 3.05) is 0 Å². The summed E-state index contributed by atoms with van der Waals surface area (Å²) in [5.74, 6) is -6.35. The van der Waals surface area contributed by atoms with Gasteiger partial charge < -0.3 is 5.32 Å². The van der Waals surface area contributed by atoms with E-state index in [2.05, 4.69) is 20.6 Å². The number of nitrogens with one attached hydrogen (secondary N) is 1. The van der Waals surface area contributed by atoms with Crippen LogP contribution in [0.15, 0.2) is 18.2 Å². The van der Waals surface area contributed by atoms with Crippen LogP contribution in [0, 0.1) is 0 Å². The summed E-state index contributed by atoms with van der Waals surface area (Å²) in [6, 6.07) is 4.09. The van der Waals surface area contributed by atoms with Crippen molar-refractivity contribution in [2.45, 2.75) is 37.2 Å². The van der Waals surface area contributed by atoms with E-state index in [1.165, 1.54) is 18.2 Å². The zero-order chi connectivity index (χ0) is 25.9. The molecule has 0 radical (unpaired) electrons. The maximum atomic E-state index is 13.9. The summed E-state index contributed by atoms with van der Waals surface area (Å²) in [4.78, 5) is 12.4. The summed E-state index contributed by atoms with van der Waals surface area (Å²) in [6.07, 6.45) is -10.3. The normalized spacial score (nSPS) is 14.9. The number of halogens is 9. The molecule has 0 unspecified atom stereocenters. The van der Waals surface area contributed by atoms with Crippen LogP contribution in [0.1, 0.15) is 34.5 Å². The van der Waals surface area contributed by atoms with Gasteiger partial charge in [-0.05, 0) is 25.0 Å². The first-order valence-corrected chi connectivity index (χ1v) is 10.8. The third kappa shape index (κ3) is 4.70. The quantitative estimate of drug-likeness (QED) is 0.410. The van der Waals surface area contributed by atoms with Gasteiger partial charge in [0.25, 0.3) is 5.91 Å². The number of aryl methyl sites for hydroxylation is 1. The zero-order valence-corrected chi connectivity index (χ0v) is 18.8. The van der Waals surface area contributed by atoms with Gasteiger partial charge in [0.15, 0.2) is 10.7 Å². The van der Waals surface area contributed by atoms with Gasteiger partial charge in [0, 0.05) is 18.7 Å². The molecule has 1 aliphatic rings. The number of hydrogen-bond acceptors (Lipinski definition) is 5. The Kier molecular flexibility index (Phi) is 6.07. The van der Waals surface area contributed by atoms with Crippen LogP contribution in [0.2, 0.25) is 5.02 Å². The van der Waals surface area contributed by atoms with E-state index < -0.39 is 46.1 Å². The predicted octanol–water partition coefficient (Wildman–Crippen LogP) is 5.82.